The summed E-state index contributed by atoms with van der Waals surface area (Å²) >= 11 is 0. The van der Waals surface area contributed by atoms with E-state index < -0.39 is 18.0 Å². The molecule has 15 heteroatoms. The highest BCUT2D eigenvalue weighted by atomic mass is 16.6. The number of imidazole rings is 2. The van der Waals surface area contributed by atoms with Crippen molar-refractivity contribution in [3.63, 3.8) is 0 Å². The number of H-pyrrole nitrogens is 2. The maximum atomic E-state index is 12.7. The lowest BCUT2D eigenvalue weighted by molar-refractivity contribution is 0.103. The standard InChI is InChI=1S/C21H17N3O6.C16H13N3O3/c1-12-17(30-21(27)29-12)11-24(20(26)28-2)19-22-15-9-8-14(10-16(15)23-19)18(25)13-6-4-3-5-7-13;1-22-16(21)19-15-17-12-8-7-11(9-13(12)18-15)14(20)10-5-3-2-4-6-10/h3-10H,11H2,1-2H3,(H,22,23);2-9H,1H3,(H2,17,18,19,21). The van der Waals surface area contributed by atoms with E-state index in [0.29, 0.717) is 44.3 Å². The van der Waals surface area contributed by atoms with Gasteiger partial charge in [0, 0.05) is 22.3 Å². The Balaban J connectivity index is 0.000000187. The highest BCUT2D eigenvalue weighted by Crippen LogP contribution is 2.23. The van der Waals surface area contributed by atoms with Crippen molar-refractivity contribution in [1.82, 2.24) is 19.9 Å². The first-order valence-corrected chi connectivity index (χ1v) is 15.6. The molecule has 0 aliphatic carbocycles. The fourth-order valence-electron chi connectivity index (χ4n) is 5.13. The maximum absolute atomic E-state index is 12.7. The van der Waals surface area contributed by atoms with Crippen molar-refractivity contribution in [2.24, 2.45) is 0 Å². The molecular weight excluding hydrogens is 672 g/mol. The van der Waals surface area contributed by atoms with Crippen molar-refractivity contribution in [3.05, 3.63) is 141 Å². The molecule has 0 unspecified atom stereocenters. The van der Waals surface area contributed by atoms with Crippen molar-refractivity contribution >= 4 is 57.7 Å². The molecule has 2 amide bonds. The van der Waals surface area contributed by atoms with E-state index in [9.17, 15) is 24.0 Å². The lowest BCUT2D eigenvalue weighted by atomic mass is 10.0. The Bertz CT molecular complexity index is 2460. The minimum atomic E-state index is -0.860. The number of carbonyl (C=O) groups is 4. The summed E-state index contributed by atoms with van der Waals surface area (Å²) in [7, 11) is 2.50. The number of carbonyl (C=O) groups excluding carboxylic acids is 4. The van der Waals surface area contributed by atoms with E-state index in [1.165, 1.54) is 19.1 Å². The van der Waals surface area contributed by atoms with Crippen LogP contribution in [0.1, 0.15) is 43.4 Å². The third kappa shape index (κ3) is 7.63. The van der Waals surface area contributed by atoms with Crippen LogP contribution in [0.25, 0.3) is 22.1 Å². The van der Waals surface area contributed by atoms with Gasteiger partial charge < -0.3 is 28.3 Å². The molecule has 0 radical (unpaired) electrons. The van der Waals surface area contributed by atoms with Gasteiger partial charge in [-0.2, -0.15) is 0 Å². The molecule has 0 saturated carbocycles. The number of amides is 2. The number of hydrogen-bond acceptors (Lipinski definition) is 11. The number of aromatic amines is 2. The molecule has 3 heterocycles. The highest BCUT2D eigenvalue weighted by Gasteiger charge is 2.24. The van der Waals surface area contributed by atoms with Crippen LogP contribution in [0.5, 0.6) is 0 Å². The van der Waals surface area contributed by atoms with Crippen LogP contribution in [-0.2, 0) is 16.0 Å². The summed E-state index contributed by atoms with van der Waals surface area (Å²) in [6, 6.07) is 28.1. The summed E-state index contributed by atoms with van der Waals surface area (Å²) in [6.07, 6.45) is -1.32. The van der Waals surface area contributed by atoms with E-state index in [4.69, 9.17) is 13.6 Å². The molecule has 262 valence electrons. The summed E-state index contributed by atoms with van der Waals surface area (Å²) in [5, 5.41) is 2.45. The third-order valence-electron chi connectivity index (χ3n) is 7.74. The summed E-state index contributed by atoms with van der Waals surface area (Å²) < 4.78 is 19.1. The monoisotopic (exact) mass is 702 g/mol. The molecule has 0 saturated heterocycles. The second kappa shape index (κ2) is 15.1. The predicted molar refractivity (Wildman–Crippen MR) is 189 cm³/mol. The average molecular weight is 703 g/mol. The molecule has 7 aromatic rings. The normalized spacial score (nSPS) is 10.7. The number of fused-ring (bicyclic) bond motifs is 2. The number of benzene rings is 4. The Morgan fingerprint density at radius 1 is 0.712 bits per heavy atom. The maximum Gasteiger partial charge on any atom is 0.519 e. The number of hydrogen-bond donors (Lipinski definition) is 3. The van der Waals surface area contributed by atoms with Crippen LogP contribution in [0.4, 0.5) is 21.5 Å². The second-order valence-corrected chi connectivity index (χ2v) is 11.1. The van der Waals surface area contributed by atoms with Crippen molar-refractivity contribution in [3.8, 4) is 0 Å². The van der Waals surface area contributed by atoms with Crippen LogP contribution in [-0.4, -0.2) is 57.9 Å². The van der Waals surface area contributed by atoms with E-state index in [2.05, 4.69) is 30.0 Å². The summed E-state index contributed by atoms with van der Waals surface area (Å²) in [5.74, 6) is -0.197. The van der Waals surface area contributed by atoms with E-state index in [-0.39, 0.29) is 41.5 Å². The molecule has 4 aromatic carbocycles. The lowest BCUT2D eigenvalue weighted by Crippen LogP contribution is -2.31. The number of aryl methyl sites for hydroxylation is 1. The van der Waals surface area contributed by atoms with Gasteiger partial charge in [-0.15, -0.1) is 0 Å². The van der Waals surface area contributed by atoms with Gasteiger partial charge >= 0.3 is 18.0 Å². The Kier molecular flexibility index (Phi) is 10.0. The molecule has 3 aromatic heterocycles. The first kappa shape index (κ1) is 34.6. The van der Waals surface area contributed by atoms with Crippen LogP contribution in [0.2, 0.25) is 0 Å². The summed E-state index contributed by atoms with van der Waals surface area (Å²) in [4.78, 5) is 75.6. The number of aromatic nitrogens is 4. The van der Waals surface area contributed by atoms with Crippen molar-refractivity contribution in [1.29, 1.82) is 0 Å². The van der Waals surface area contributed by atoms with Gasteiger partial charge in [0.15, 0.2) is 17.3 Å². The van der Waals surface area contributed by atoms with Crippen LogP contribution < -0.4 is 16.0 Å². The quantitative estimate of drug-likeness (QED) is 0.148. The Morgan fingerprint density at radius 3 is 1.79 bits per heavy atom. The molecule has 7 rings (SSSR count). The molecular formula is C37H30N6O9. The zero-order valence-electron chi connectivity index (χ0n) is 28.0. The average Bonchev–Trinajstić information content (AvgIpc) is 3.88. The number of anilines is 2. The lowest BCUT2D eigenvalue weighted by Gasteiger charge is -2.16. The summed E-state index contributed by atoms with van der Waals surface area (Å²) in [6.45, 7) is 1.43. The van der Waals surface area contributed by atoms with Gasteiger partial charge in [0.1, 0.15) is 5.76 Å². The molecule has 0 atom stereocenters. The van der Waals surface area contributed by atoms with Gasteiger partial charge in [-0.25, -0.2) is 29.3 Å². The Labute approximate surface area is 294 Å². The number of rotatable bonds is 8. The van der Waals surface area contributed by atoms with E-state index in [0.717, 1.165) is 0 Å². The minimum Gasteiger partial charge on any atom is -0.453 e. The number of ketones is 2. The topological polar surface area (TPSA) is 203 Å². The largest absolute Gasteiger partial charge is 0.519 e. The van der Waals surface area contributed by atoms with Crippen molar-refractivity contribution in [2.45, 2.75) is 13.5 Å². The smallest absolute Gasteiger partial charge is 0.453 e. The van der Waals surface area contributed by atoms with Gasteiger partial charge in [-0.3, -0.25) is 14.9 Å². The molecule has 0 fully saturated rings. The first-order valence-electron chi connectivity index (χ1n) is 15.6. The van der Waals surface area contributed by atoms with Crippen LogP contribution in [0.15, 0.2) is 111 Å². The van der Waals surface area contributed by atoms with Gasteiger partial charge in [0.2, 0.25) is 11.9 Å². The molecule has 0 bridgehead atoms. The number of ether oxygens (including phenoxy) is 2. The van der Waals surface area contributed by atoms with Gasteiger partial charge in [-0.1, -0.05) is 60.7 Å². The second-order valence-electron chi connectivity index (χ2n) is 11.1. The molecule has 0 aliphatic rings. The molecule has 15 nitrogen and oxygen atoms in total. The fourth-order valence-corrected chi connectivity index (χ4v) is 5.13. The zero-order valence-corrected chi connectivity index (χ0v) is 28.0. The Morgan fingerprint density at radius 2 is 1.27 bits per heavy atom. The van der Waals surface area contributed by atoms with E-state index in [1.807, 2.05) is 24.3 Å². The third-order valence-corrected chi connectivity index (χ3v) is 7.74. The van der Waals surface area contributed by atoms with Crippen molar-refractivity contribution in [2.75, 3.05) is 24.4 Å². The number of nitrogens with zero attached hydrogens (tertiary/aromatic N) is 3. The van der Waals surface area contributed by atoms with Crippen LogP contribution >= 0.6 is 0 Å². The molecule has 3 N–H and O–H groups in total. The SMILES string of the molecule is COC(=O)N(Cc1oc(=O)oc1C)c1nc2ccc(C(=O)c3ccccc3)cc2[nH]1.COC(=O)Nc1nc2ccc(C(=O)c3ccccc3)cc2[nH]1. The molecule has 0 spiro atoms. The van der Waals surface area contributed by atoms with Gasteiger partial charge in [-0.05, 0) is 43.3 Å². The zero-order chi connectivity index (χ0) is 36.8. The van der Waals surface area contributed by atoms with E-state index >= 15 is 0 Å². The predicted octanol–water partition coefficient (Wildman–Crippen LogP) is 6.39. The minimum absolute atomic E-state index is 0.0698. The van der Waals surface area contributed by atoms with Crippen molar-refractivity contribution < 1.29 is 37.5 Å². The summed E-state index contributed by atoms with van der Waals surface area (Å²) in [5.41, 5.74) is 4.63. The van der Waals surface area contributed by atoms with Gasteiger partial charge in [0.05, 0.1) is 42.8 Å². The number of methoxy groups -OCH3 is 2. The van der Waals surface area contributed by atoms with E-state index in [1.54, 1.807) is 79.7 Å². The highest BCUT2D eigenvalue weighted by molar-refractivity contribution is 6.11. The molecule has 0 aliphatic heterocycles. The van der Waals surface area contributed by atoms with Crippen LogP contribution in [0, 0.1) is 6.92 Å². The van der Waals surface area contributed by atoms with Crippen LogP contribution in [0.3, 0.4) is 0 Å². The van der Waals surface area contributed by atoms with Gasteiger partial charge in [0.25, 0.3) is 0 Å². The first-order chi connectivity index (χ1) is 25.1. The fraction of sp³-hybridized carbons (Fsp3) is 0.108. The number of nitrogens with one attached hydrogen (secondary N) is 3. The Hall–Kier alpha value is -7.29. The molecule has 52 heavy (non-hydrogen) atoms.